The lowest BCUT2D eigenvalue weighted by atomic mass is 9.75. The Labute approximate surface area is 264 Å². The first kappa shape index (κ1) is 31.6. The van der Waals surface area contributed by atoms with E-state index in [0.29, 0.717) is 42.2 Å². The van der Waals surface area contributed by atoms with Crippen LogP contribution in [-0.2, 0) is 26.3 Å². The molecule has 2 aliphatic heterocycles. The van der Waals surface area contributed by atoms with Crippen LogP contribution in [0.4, 0.5) is 0 Å². The molecule has 3 aliphatic rings. The highest BCUT2D eigenvalue weighted by Gasteiger charge is 2.48. The minimum Gasteiger partial charge on any atom is -0.394 e. The summed E-state index contributed by atoms with van der Waals surface area (Å²) in [5, 5.41) is 11.4. The van der Waals surface area contributed by atoms with Gasteiger partial charge in [-0.05, 0) is 50.5 Å². The molecule has 1 spiro atoms. The highest BCUT2D eigenvalue weighted by Crippen LogP contribution is 2.44. The van der Waals surface area contributed by atoms with Crippen LogP contribution in [0, 0.1) is 11.3 Å². The number of likely N-dealkylation sites (tertiary alicyclic amines) is 1. The van der Waals surface area contributed by atoms with Gasteiger partial charge in [0.15, 0.2) is 5.01 Å². The third-order valence-corrected chi connectivity index (χ3v) is 14.1. The summed E-state index contributed by atoms with van der Waals surface area (Å²) in [5.74, 6) is 0.741. The number of carbonyl (C=O) groups excluding carboxylic acids is 1. The molecule has 3 heterocycles. The van der Waals surface area contributed by atoms with Crippen molar-refractivity contribution in [3.8, 4) is 10.4 Å². The Hall–Kier alpha value is -2.38. The summed E-state index contributed by atoms with van der Waals surface area (Å²) >= 11 is 1.37. The number of sulfone groups is 1. The van der Waals surface area contributed by atoms with Crippen LogP contribution in [0.5, 0.6) is 0 Å². The van der Waals surface area contributed by atoms with Gasteiger partial charge in [0.25, 0.3) is 5.91 Å². The summed E-state index contributed by atoms with van der Waals surface area (Å²) in [4.78, 5) is 21.5. The second kappa shape index (κ2) is 11.8. The van der Waals surface area contributed by atoms with Crippen LogP contribution >= 0.6 is 11.3 Å². The monoisotopic (exact) mass is 659 g/mol. The summed E-state index contributed by atoms with van der Waals surface area (Å²) < 4.78 is 53.4. The average Bonchev–Trinajstić information content (AvgIpc) is 3.38. The fourth-order valence-corrected chi connectivity index (χ4v) is 11.4. The third kappa shape index (κ3) is 6.33. The Morgan fingerprint density at radius 2 is 1.73 bits per heavy atom. The third-order valence-electron chi connectivity index (χ3n) is 9.54. The summed E-state index contributed by atoms with van der Waals surface area (Å²) in [7, 11) is -6.92. The molecule has 1 aromatic heterocycles. The molecule has 0 atom stereocenters. The number of sulfonamides is 1. The molecular weight excluding hydrogens is 619 g/mol. The number of fused-ring (bicyclic) bond motifs is 1. The second-order valence-corrected chi connectivity index (χ2v) is 18.6. The lowest BCUT2D eigenvalue weighted by Crippen LogP contribution is -2.60. The van der Waals surface area contributed by atoms with Crippen LogP contribution in [0.1, 0.15) is 74.3 Å². The van der Waals surface area contributed by atoms with E-state index in [0.717, 1.165) is 40.8 Å². The minimum atomic E-state index is -3.95. The van der Waals surface area contributed by atoms with Crippen LogP contribution in [0.25, 0.3) is 21.2 Å². The van der Waals surface area contributed by atoms with E-state index in [-0.39, 0.29) is 34.3 Å². The van der Waals surface area contributed by atoms with Crippen molar-refractivity contribution in [2.24, 2.45) is 11.3 Å². The van der Waals surface area contributed by atoms with E-state index in [1.54, 1.807) is 30.9 Å². The number of hydrogen-bond donors (Lipinski definition) is 2. The molecule has 2 N–H and O–H groups in total. The van der Waals surface area contributed by atoms with Crippen LogP contribution in [0.15, 0.2) is 41.3 Å². The lowest BCUT2D eigenvalue weighted by Gasteiger charge is -2.51. The SMILES string of the molecule is CC(C)(CO)NS(=O)(=O)c1ccc(-c2sc(C(=O)N3CC4(CCS(=O)(=O)CC4)C3)nc2CC2CCCCC2)c2ccccc12. The van der Waals surface area contributed by atoms with Gasteiger partial charge in [-0.2, -0.15) is 0 Å². The molecule has 1 saturated carbocycles. The summed E-state index contributed by atoms with van der Waals surface area (Å²) in [6, 6.07) is 10.8. The maximum absolute atomic E-state index is 13.7. The van der Waals surface area contributed by atoms with Gasteiger partial charge in [-0.1, -0.05) is 62.4 Å². The molecule has 1 aliphatic carbocycles. The van der Waals surface area contributed by atoms with E-state index in [1.165, 1.54) is 30.6 Å². The number of benzene rings is 2. The molecule has 2 aromatic carbocycles. The van der Waals surface area contributed by atoms with Crippen molar-refractivity contribution in [3.05, 3.63) is 47.1 Å². The molecule has 3 aromatic rings. The molecule has 9 nitrogen and oxygen atoms in total. The zero-order chi connectivity index (χ0) is 31.3. The first-order valence-corrected chi connectivity index (χ1v) is 19.6. The minimum absolute atomic E-state index is 0.109. The van der Waals surface area contributed by atoms with Crippen LogP contribution in [0.2, 0.25) is 0 Å². The van der Waals surface area contributed by atoms with Gasteiger partial charge in [-0.15, -0.1) is 11.3 Å². The van der Waals surface area contributed by atoms with E-state index >= 15 is 0 Å². The second-order valence-electron chi connectivity index (χ2n) is 13.6. The molecule has 238 valence electrons. The van der Waals surface area contributed by atoms with E-state index < -0.39 is 25.4 Å². The number of carbonyl (C=O) groups is 1. The predicted molar refractivity (Wildman–Crippen MR) is 173 cm³/mol. The molecular formula is C32H41N3O6S3. The maximum Gasteiger partial charge on any atom is 0.282 e. The highest BCUT2D eigenvalue weighted by atomic mass is 32.2. The molecule has 0 radical (unpaired) electrons. The van der Waals surface area contributed by atoms with Crippen LogP contribution in [0.3, 0.4) is 0 Å². The first-order valence-electron chi connectivity index (χ1n) is 15.5. The van der Waals surface area contributed by atoms with Crippen molar-refractivity contribution in [2.75, 3.05) is 31.2 Å². The Morgan fingerprint density at radius 1 is 1.07 bits per heavy atom. The largest absolute Gasteiger partial charge is 0.394 e. The Bertz CT molecular complexity index is 1770. The zero-order valence-corrected chi connectivity index (χ0v) is 27.8. The first-order chi connectivity index (χ1) is 20.8. The summed E-state index contributed by atoms with van der Waals surface area (Å²) in [5.41, 5.74) is 0.591. The van der Waals surface area contributed by atoms with Crippen LogP contribution < -0.4 is 4.72 Å². The Kier molecular flexibility index (Phi) is 8.45. The van der Waals surface area contributed by atoms with Gasteiger partial charge in [0.1, 0.15) is 9.84 Å². The molecule has 6 rings (SSSR count). The fourth-order valence-electron chi connectivity index (χ4n) is 6.94. The number of amides is 1. The molecule has 44 heavy (non-hydrogen) atoms. The molecule has 1 amide bonds. The fraction of sp³-hybridized carbons (Fsp3) is 0.562. The Balaban J connectivity index is 1.36. The molecule has 0 unspecified atom stereocenters. The van der Waals surface area contributed by atoms with Gasteiger partial charge in [0.05, 0.1) is 39.1 Å². The average molecular weight is 660 g/mol. The summed E-state index contributed by atoms with van der Waals surface area (Å²) in [6.45, 7) is 4.03. The number of hydrogen-bond acceptors (Lipinski definition) is 8. The molecule has 0 bridgehead atoms. The Morgan fingerprint density at radius 3 is 2.39 bits per heavy atom. The zero-order valence-electron chi connectivity index (χ0n) is 25.3. The van der Waals surface area contributed by atoms with Crippen molar-refractivity contribution < 1.29 is 26.7 Å². The van der Waals surface area contributed by atoms with Crippen LogP contribution in [-0.4, -0.2) is 74.5 Å². The number of aliphatic hydroxyl groups is 1. The number of aliphatic hydroxyl groups excluding tert-OH is 1. The number of aromatic nitrogens is 1. The normalized spacial score (nSPS) is 20.6. The topological polar surface area (TPSA) is 134 Å². The standard InChI is InChI=1S/C32H41N3O6S3/c1-31(2,21-36)34-44(40,41)27-13-12-25(23-10-6-7-11-24(23)27)28-26(18-22-8-4-3-5-9-22)33-29(42-28)30(37)35-19-32(20-35)14-16-43(38,39)17-15-32/h6-7,10-13,22,34,36H,3-5,8-9,14-21H2,1-2H3. The van der Waals surface area contributed by atoms with Crippen molar-refractivity contribution in [2.45, 2.75) is 75.6 Å². The molecule has 2 saturated heterocycles. The quantitative estimate of drug-likeness (QED) is 0.355. The van der Waals surface area contributed by atoms with E-state index in [1.807, 2.05) is 24.3 Å². The van der Waals surface area contributed by atoms with Gasteiger partial charge >= 0.3 is 0 Å². The number of nitrogens with one attached hydrogen (secondary N) is 1. The maximum atomic E-state index is 13.7. The number of nitrogens with zero attached hydrogens (tertiary/aromatic N) is 2. The van der Waals surface area contributed by atoms with Gasteiger partial charge < -0.3 is 10.0 Å². The number of rotatable bonds is 8. The lowest BCUT2D eigenvalue weighted by molar-refractivity contribution is 0.000299. The van der Waals surface area contributed by atoms with Crippen molar-refractivity contribution in [3.63, 3.8) is 0 Å². The van der Waals surface area contributed by atoms with Gasteiger partial charge in [0, 0.05) is 29.5 Å². The predicted octanol–water partition coefficient (Wildman–Crippen LogP) is 4.79. The van der Waals surface area contributed by atoms with E-state index in [4.69, 9.17) is 4.98 Å². The van der Waals surface area contributed by atoms with Crippen molar-refractivity contribution in [1.82, 2.24) is 14.6 Å². The number of thiazole rings is 1. The molecule has 12 heteroatoms. The van der Waals surface area contributed by atoms with Gasteiger partial charge in [-0.3, -0.25) is 4.79 Å². The van der Waals surface area contributed by atoms with Gasteiger partial charge in [-0.25, -0.2) is 26.5 Å². The smallest absolute Gasteiger partial charge is 0.282 e. The van der Waals surface area contributed by atoms with E-state index in [2.05, 4.69) is 4.72 Å². The summed E-state index contributed by atoms with van der Waals surface area (Å²) in [6.07, 6.45) is 7.83. The highest BCUT2D eigenvalue weighted by molar-refractivity contribution is 7.91. The van der Waals surface area contributed by atoms with Crippen molar-refractivity contribution >= 4 is 47.9 Å². The van der Waals surface area contributed by atoms with E-state index in [9.17, 15) is 26.7 Å². The van der Waals surface area contributed by atoms with Gasteiger partial charge in [0.2, 0.25) is 10.0 Å². The molecule has 3 fully saturated rings. The van der Waals surface area contributed by atoms with Crippen molar-refractivity contribution in [1.29, 1.82) is 0 Å².